The second kappa shape index (κ2) is 12.4. The Labute approximate surface area is 180 Å². The maximum atomic E-state index is 12.3. The number of amides is 1. The first-order valence-corrected chi connectivity index (χ1v) is 11.2. The molecule has 30 heavy (non-hydrogen) atoms. The SMILES string of the molecule is CCCCOc1ccc(C(=O)NCCCCN2CCOC(c3ccccc3)C2)cc1. The molecule has 1 heterocycles. The lowest BCUT2D eigenvalue weighted by Gasteiger charge is -2.33. The highest BCUT2D eigenvalue weighted by atomic mass is 16.5. The number of benzene rings is 2. The van der Waals surface area contributed by atoms with Crippen molar-refractivity contribution in [3.63, 3.8) is 0 Å². The molecule has 1 N–H and O–H groups in total. The van der Waals surface area contributed by atoms with E-state index in [4.69, 9.17) is 9.47 Å². The van der Waals surface area contributed by atoms with Crippen molar-refractivity contribution in [1.82, 2.24) is 10.2 Å². The molecular formula is C25H34N2O3. The lowest BCUT2D eigenvalue weighted by Crippen LogP contribution is -2.39. The highest BCUT2D eigenvalue weighted by molar-refractivity contribution is 5.94. The Morgan fingerprint density at radius 3 is 2.67 bits per heavy atom. The predicted octanol–water partition coefficient (Wildman–Crippen LogP) is 4.45. The monoisotopic (exact) mass is 410 g/mol. The van der Waals surface area contributed by atoms with Crippen LogP contribution in [0.3, 0.4) is 0 Å². The van der Waals surface area contributed by atoms with E-state index in [0.29, 0.717) is 12.1 Å². The minimum atomic E-state index is -0.0226. The molecule has 2 aromatic carbocycles. The molecule has 0 spiro atoms. The Morgan fingerprint density at radius 2 is 1.90 bits per heavy atom. The van der Waals surface area contributed by atoms with Gasteiger partial charge >= 0.3 is 0 Å². The molecule has 3 rings (SSSR count). The van der Waals surface area contributed by atoms with Crippen molar-refractivity contribution in [2.24, 2.45) is 0 Å². The van der Waals surface area contributed by atoms with E-state index in [1.807, 2.05) is 30.3 Å². The first kappa shape index (κ1) is 22.3. The average molecular weight is 411 g/mol. The molecule has 0 aliphatic carbocycles. The molecule has 1 unspecified atom stereocenters. The average Bonchev–Trinajstić information content (AvgIpc) is 2.80. The summed E-state index contributed by atoms with van der Waals surface area (Å²) in [6.45, 7) is 7.27. The third kappa shape index (κ3) is 7.15. The normalized spacial score (nSPS) is 16.9. The van der Waals surface area contributed by atoms with Gasteiger partial charge in [0.15, 0.2) is 0 Å². The molecule has 1 aliphatic heterocycles. The van der Waals surface area contributed by atoms with E-state index in [-0.39, 0.29) is 12.0 Å². The van der Waals surface area contributed by atoms with Crippen LogP contribution < -0.4 is 10.1 Å². The molecule has 1 saturated heterocycles. The molecule has 5 nitrogen and oxygen atoms in total. The fraction of sp³-hybridized carbons (Fsp3) is 0.480. The predicted molar refractivity (Wildman–Crippen MR) is 120 cm³/mol. The minimum Gasteiger partial charge on any atom is -0.494 e. The van der Waals surface area contributed by atoms with E-state index >= 15 is 0 Å². The molecule has 5 heteroatoms. The minimum absolute atomic E-state index is 0.0226. The first-order chi connectivity index (χ1) is 14.8. The maximum absolute atomic E-state index is 12.3. The summed E-state index contributed by atoms with van der Waals surface area (Å²) in [5.74, 6) is 0.796. The Morgan fingerprint density at radius 1 is 1.10 bits per heavy atom. The zero-order valence-electron chi connectivity index (χ0n) is 18.0. The van der Waals surface area contributed by atoms with Crippen molar-refractivity contribution in [2.45, 2.75) is 38.7 Å². The van der Waals surface area contributed by atoms with E-state index in [1.165, 1.54) is 5.56 Å². The number of unbranched alkanes of at least 4 members (excludes halogenated alkanes) is 2. The van der Waals surface area contributed by atoms with Gasteiger partial charge in [-0.1, -0.05) is 43.7 Å². The number of ether oxygens (including phenoxy) is 2. The van der Waals surface area contributed by atoms with Gasteiger partial charge in [0.25, 0.3) is 5.91 Å². The number of carbonyl (C=O) groups excluding carboxylic acids is 1. The third-order valence-corrected chi connectivity index (χ3v) is 5.39. The second-order valence-electron chi connectivity index (χ2n) is 7.76. The molecule has 0 bridgehead atoms. The lowest BCUT2D eigenvalue weighted by molar-refractivity contribution is -0.0303. The Bertz CT molecular complexity index is 749. The number of hydrogen-bond donors (Lipinski definition) is 1. The van der Waals surface area contributed by atoms with Gasteiger partial charge in [-0.15, -0.1) is 0 Å². The van der Waals surface area contributed by atoms with Crippen LogP contribution in [0.5, 0.6) is 5.75 Å². The highest BCUT2D eigenvalue weighted by Gasteiger charge is 2.21. The van der Waals surface area contributed by atoms with Gasteiger partial charge in [0, 0.05) is 25.2 Å². The smallest absolute Gasteiger partial charge is 0.251 e. The van der Waals surface area contributed by atoms with E-state index < -0.39 is 0 Å². The maximum Gasteiger partial charge on any atom is 0.251 e. The summed E-state index contributed by atoms with van der Waals surface area (Å²) in [6.07, 6.45) is 4.34. The van der Waals surface area contributed by atoms with Crippen molar-refractivity contribution in [3.8, 4) is 5.75 Å². The molecular weight excluding hydrogens is 376 g/mol. The molecule has 0 radical (unpaired) electrons. The van der Waals surface area contributed by atoms with Crippen LogP contribution in [0, 0.1) is 0 Å². The van der Waals surface area contributed by atoms with E-state index in [2.05, 4.69) is 41.4 Å². The number of rotatable bonds is 11. The van der Waals surface area contributed by atoms with Gasteiger partial charge in [0.05, 0.1) is 19.3 Å². The molecule has 1 fully saturated rings. The number of hydrogen-bond acceptors (Lipinski definition) is 4. The summed E-state index contributed by atoms with van der Waals surface area (Å²) >= 11 is 0. The van der Waals surface area contributed by atoms with Crippen LogP contribution in [-0.2, 0) is 4.74 Å². The fourth-order valence-corrected chi connectivity index (χ4v) is 3.58. The quantitative estimate of drug-likeness (QED) is 0.556. The summed E-state index contributed by atoms with van der Waals surface area (Å²) in [7, 11) is 0. The number of carbonyl (C=O) groups is 1. The summed E-state index contributed by atoms with van der Waals surface area (Å²) in [5, 5.41) is 3.02. The number of morpholine rings is 1. The standard InChI is InChI=1S/C25H34N2O3/c1-2-3-18-29-23-13-11-22(12-14-23)25(28)26-15-7-8-16-27-17-19-30-24(20-27)21-9-5-4-6-10-21/h4-6,9-14,24H,2-3,7-8,15-20H2,1H3,(H,26,28). The van der Waals surface area contributed by atoms with Gasteiger partial charge in [0.1, 0.15) is 5.75 Å². The summed E-state index contributed by atoms with van der Waals surface area (Å²) in [4.78, 5) is 14.8. The summed E-state index contributed by atoms with van der Waals surface area (Å²) < 4.78 is 11.6. The van der Waals surface area contributed by atoms with Crippen LogP contribution in [0.1, 0.15) is 54.6 Å². The van der Waals surface area contributed by atoms with Crippen LogP contribution in [0.25, 0.3) is 0 Å². The highest BCUT2D eigenvalue weighted by Crippen LogP contribution is 2.22. The second-order valence-corrected chi connectivity index (χ2v) is 7.76. The number of nitrogens with one attached hydrogen (secondary N) is 1. The zero-order valence-corrected chi connectivity index (χ0v) is 18.0. The topological polar surface area (TPSA) is 50.8 Å². The van der Waals surface area contributed by atoms with Crippen LogP contribution in [-0.4, -0.2) is 50.2 Å². The number of nitrogens with zero attached hydrogens (tertiary/aromatic N) is 1. The molecule has 1 atom stereocenters. The van der Waals surface area contributed by atoms with Crippen LogP contribution >= 0.6 is 0 Å². The molecule has 1 aliphatic rings. The zero-order chi connectivity index (χ0) is 21.0. The van der Waals surface area contributed by atoms with Crippen molar-refractivity contribution in [2.75, 3.05) is 39.4 Å². The van der Waals surface area contributed by atoms with Gasteiger partial charge in [0.2, 0.25) is 0 Å². The van der Waals surface area contributed by atoms with Crippen molar-refractivity contribution in [1.29, 1.82) is 0 Å². The van der Waals surface area contributed by atoms with E-state index in [0.717, 1.165) is 64.3 Å². The van der Waals surface area contributed by atoms with Crippen molar-refractivity contribution < 1.29 is 14.3 Å². The molecule has 0 aromatic heterocycles. The van der Waals surface area contributed by atoms with Gasteiger partial charge in [-0.05, 0) is 55.6 Å². The fourth-order valence-electron chi connectivity index (χ4n) is 3.58. The van der Waals surface area contributed by atoms with Crippen LogP contribution in [0.4, 0.5) is 0 Å². The Kier molecular flexibility index (Phi) is 9.19. The largest absolute Gasteiger partial charge is 0.494 e. The van der Waals surface area contributed by atoms with Gasteiger partial charge < -0.3 is 14.8 Å². The van der Waals surface area contributed by atoms with Gasteiger partial charge in [-0.25, -0.2) is 0 Å². The van der Waals surface area contributed by atoms with Crippen molar-refractivity contribution in [3.05, 3.63) is 65.7 Å². The van der Waals surface area contributed by atoms with E-state index in [9.17, 15) is 4.79 Å². The van der Waals surface area contributed by atoms with Crippen molar-refractivity contribution >= 4 is 5.91 Å². The summed E-state index contributed by atoms with van der Waals surface area (Å²) in [5.41, 5.74) is 1.92. The molecule has 0 saturated carbocycles. The van der Waals surface area contributed by atoms with E-state index in [1.54, 1.807) is 0 Å². The summed E-state index contributed by atoms with van der Waals surface area (Å²) in [6, 6.07) is 17.8. The Balaban J connectivity index is 1.31. The Hall–Kier alpha value is -2.37. The van der Waals surface area contributed by atoms with Crippen LogP contribution in [0.15, 0.2) is 54.6 Å². The molecule has 1 amide bonds. The first-order valence-electron chi connectivity index (χ1n) is 11.2. The van der Waals surface area contributed by atoms with Gasteiger partial charge in [-0.3, -0.25) is 9.69 Å². The molecule has 162 valence electrons. The third-order valence-electron chi connectivity index (χ3n) is 5.39. The van der Waals surface area contributed by atoms with Crippen LogP contribution in [0.2, 0.25) is 0 Å². The van der Waals surface area contributed by atoms with Gasteiger partial charge in [-0.2, -0.15) is 0 Å². The molecule has 2 aromatic rings. The lowest BCUT2D eigenvalue weighted by atomic mass is 10.1.